The number of nitrogens with one attached hydrogen (secondary N) is 1. The van der Waals surface area contributed by atoms with Crippen LogP contribution < -0.4 is 9.46 Å². The monoisotopic (exact) mass is 469 g/mol. The molecule has 0 aliphatic heterocycles. The molecule has 0 saturated heterocycles. The van der Waals surface area contributed by atoms with Gasteiger partial charge in [0.2, 0.25) is 21.5 Å². The Morgan fingerprint density at radius 1 is 1.46 bits per heavy atom. The molecule has 0 amide bonds. The van der Waals surface area contributed by atoms with Crippen molar-refractivity contribution in [3.63, 3.8) is 0 Å². The third-order valence-corrected chi connectivity index (χ3v) is 5.17. The number of sulfonamides is 1. The highest BCUT2D eigenvalue weighted by Gasteiger charge is 2.28. The molecule has 142 valence electrons. The standard InChI is InChI=1S/C15H14BrClFNO6S/c1-8(20)24-14-12(21)13(10-7-9(17)3-4-11(10)18)25-15(14)19-26(22,23)6-2-5-16/h3-4,7,19,21H,2,5-6H2,1H3. The summed E-state index contributed by atoms with van der Waals surface area (Å²) < 4.78 is 50.4. The Kier molecular flexibility index (Phi) is 6.53. The Bertz CT molecular complexity index is 930. The molecule has 2 aromatic rings. The zero-order valence-electron chi connectivity index (χ0n) is 13.4. The van der Waals surface area contributed by atoms with E-state index in [4.69, 9.17) is 20.8 Å². The first-order valence-corrected chi connectivity index (χ1v) is 10.4. The predicted octanol–water partition coefficient (Wildman–Crippen LogP) is 3.90. The summed E-state index contributed by atoms with van der Waals surface area (Å²) in [6.07, 6.45) is 0.306. The van der Waals surface area contributed by atoms with Crippen molar-refractivity contribution in [1.82, 2.24) is 0 Å². The molecule has 0 spiro atoms. The Labute approximate surface area is 162 Å². The lowest BCUT2D eigenvalue weighted by molar-refractivity contribution is -0.131. The smallest absolute Gasteiger partial charge is 0.308 e. The summed E-state index contributed by atoms with van der Waals surface area (Å²) >= 11 is 8.94. The van der Waals surface area contributed by atoms with Crippen LogP contribution in [0.1, 0.15) is 13.3 Å². The zero-order valence-corrected chi connectivity index (χ0v) is 16.5. The van der Waals surface area contributed by atoms with Gasteiger partial charge >= 0.3 is 5.97 Å². The van der Waals surface area contributed by atoms with Gasteiger partial charge in [-0.25, -0.2) is 17.5 Å². The van der Waals surface area contributed by atoms with E-state index in [0.717, 1.165) is 13.0 Å². The Morgan fingerprint density at radius 3 is 2.77 bits per heavy atom. The lowest BCUT2D eigenvalue weighted by Gasteiger charge is -2.06. The van der Waals surface area contributed by atoms with Crippen LogP contribution in [0, 0.1) is 5.82 Å². The second-order valence-electron chi connectivity index (χ2n) is 5.12. The molecule has 11 heteroatoms. The maximum Gasteiger partial charge on any atom is 0.308 e. The average Bonchev–Trinajstić information content (AvgIpc) is 2.83. The van der Waals surface area contributed by atoms with Gasteiger partial charge in [-0.15, -0.1) is 0 Å². The van der Waals surface area contributed by atoms with E-state index >= 15 is 0 Å². The van der Waals surface area contributed by atoms with Gasteiger partial charge in [0, 0.05) is 17.3 Å². The van der Waals surface area contributed by atoms with Gasteiger partial charge in [0.1, 0.15) is 5.82 Å². The maximum atomic E-state index is 14.1. The van der Waals surface area contributed by atoms with E-state index in [2.05, 4.69) is 20.7 Å². The third kappa shape index (κ3) is 4.89. The van der Waals surface area contributed by atoms with Crippen molar-refractivity contribution >= 4 is 49.4 Å². The van der Waals surface area contributed by atoms with E-state index in [9.17, 15) is 22.7 Å². The van der Waals surface area contributed by atoms with Crippen molar-refractivity contribution in [2.24, 2.45) is 0 Å². The molecular formula is C15H14BrClFNO6S. The highest BCUT2D eigenvalue weighted by atomic mass is 79.9. The van der Waals surface area contributed by atoms with Gasteiger partial charge in [-0.2, -0.15) is 0 Å². The minimum atomic E-state index is -3.85. The van der Waals surface area contributed by atoms with Crippen molar-refractivity contribution in [3.05, 3.63) is 29.0 Å². The average molecular weight is 471 g/mol. The van der Waals surface area contributed by atoms with E-state index in [1.54, 1.807) is 0 Å². The van der Waals surface area contributed by atoms with Gasteiger partial charge in [-0.3, -0.25) is 4.79 Å². The Morgan fingerprint density at radius 2 is 2.15 bits per heavy atom. The number of carbonyl (C=O) groups is 1. The number of esters is 1. The lowest BCUT2D eigenvalue weighted by Crippen LogP contribution is -2.17. The largest absolute Gasteiger partial charge is 0.502 e. The molecular weight excluding hydrogens is 457 g/mol. The highest BCUT2D eigenvalue weighted by molar-refractivity contribution is 9.09. The van der Waals surface area contributed by atoms with Gasteiger partial charge in [0.15, 0.2) is 5.76 Å². The van der Waals surface area contributed by atoms with Crippen molar-refractivity contribution in [3.8, 4) is 22.8 Å². The molecule has 26 heavy (non-hydrogen) atoms. The van der Waals surface area contributed by atoms with Gasteiger partial charge in [-0.05, 0) is 24.6 Å². The first-order valence-electron chi connectivity index (χ1n) is 7.20. The number of furan rings is 1. The minimum Gasteiger partial charge on any atom is -0.502 e. The predicted molar refractivity (Wildman–Crippen MR) is 97.9 cm³/mol. The van der Waals surface area contributed by atoms with Gasteiger partial charge in [0.05, 0.1) is 11.3 Å². The maximum absolute atomic E-state index is 14.1. The van der Waals surface area contributed by atoms with Crippen LogP contribution in [0.3, 0.4) is 0 Å². The molecule has 2 N–H and O–H groups in total. The first kappa shape index (κ1) is 20.5. The van der Waals surface area contributed by atoms with Crippen molar-refractivity contribution in [1.29, 1.82) is 0 Å². The Hall–Kier alpha value is -1.78. The van der Waals surface area contributed by atoms with E-state index in [1.807, 2.05) is 0 Å². The summed E-state index contributed by atoms with van der Waals surface area (Å²) in [5.41, 5.74) is -0.227. The number of hydrogen-bond acceptors (Lipinski definition) is 6. The molecule has 0 unspecified atom stereocenters. The highest BCUT2D eigenvalue weighted by Crippen LogP contribution is 2.47. The third-order valence-electron chi connectivity index (χ3n) is 3.05. The van der Waals surface area contributed by atoms with Crippen molar-refractivity contribution in [2.45, 2.75) is 13.3 Å². The molecule has 2 rings (SSSR count). The number of benzene rings is 1. The molecule has 0 aliphatic carbocycles. The number of aromatic hydroxyl groups is 1. The fourth-order valence-electron chi connectivity index (χ4n) is 2.00. The van der Waals surface area contributed by atoms with Gasteiger partial charge in [0.25, 0.3) is 5.88 Å². The molecule has 0 fully saturated rings. The summed E-state index contributed by atoms with van der Waals surface area (Å²) in [7, 11) is -3.85. The van der Waals surface area contributed by atoms with E-state index < -0.39 is 45.0 Å². The van der Waals surface area contributed by atoms with E-state index in [1.165, 1.54) is 12.1 Å². The number of anilines is 1. The van der Waals surface area contributed by atoms with Crippen LogP contribution in [0.4, 0.5) is 10.3 Å². The summed E-state index contributed by atoms with van der Waals surface area (Å²) in [6, 6.07) is 3.51. The molecule has 1 aromatic heterocycles. The van der Waals surface area contributed by atoms with Crippen LogP contribution in [0.15, 0.2) is 22.6 Å². The minimum absolute atomic E-state index is 0.158. The van der Waals surface area contributed by atoms with Crippen molar-refractivity contribution < 1.29 is 31.9 Å². The zero-order chi connectivity index (χ0) is 19.5. The second-order valence-corrected chi connectivity index (χ2v) is 8.19. The first-order chi connectivity index (χ1) is 12.1. The molecule has 0 saturated carbocycles. The fourth-order valence-corrected chi connectivity index (χ4v) is 3.87. The lowest BCUT2D eigenvalue weighted by atomic mass is 10.1. The number of rotatable bonds is 7. The van der Waals surface area contributed by atoms with Crippen LogP contribution in [-0.4, -0.2) is 30.6 Å². The molecule has 0 radical (unpaired) electrons. The number of carbonyl (C=O) groups excluding carboxylic acids is 1. The van der Waals surface area contributed by atoms with E-state index in [0.29, 0.717) is 11.8 Å². The molecule has 7 nitrogen and oxygen atoms in total. The molecule has 1 heterocycles. The normalized spacial score (nSPS) is 11.4. The Balaban J connectivity index is 2.54. The number of ether oxygens (including phenoxy) is 1. The van der Waals surface area contributed by atoms with Crippen LogP contribution in [-0.2, 0) is 14.8 Å². The fraction of sp³-hybridized carbons (Fsp3) is 0.267. The number of hydrogen-bond donors (Lipinski definition) is 2. The van der Waals surface area contributed by atoms with Crippen molar-refractivity contribution in [2.75, 3.05) is 15.8 Å². The van der Waals surface area contributed by atoms with Crippen LogP contribution in [0.5, 0.6) is 11.5 Å². The second kappa shape index (κ2) is 8.28. The molecule has 0 bridgehead atoms. The van der Waals surface area contributed by atoms with Gasteiger partial charge in [-0.1, -0.05) is 27.5 Å². The summed E-state index contributed by atoms with van der Waals surface area (Å²) in [5.74, 6) is -4.13. The van der Waals surface area contributed by atoms with Crippen LogP contribution >= 0.6 is 27.5 Å². The summed E-state index contributed by atoms with van der Waals surface area (Å²) in [6.45, 7) is 1.05. The number of alkyl halides is 1. The molecule has 0 atom stereocenters. The van der Waals surface area contributed by atoms with Gasteiger partial charge < -0.3 is 14.3 Å². The van der Waals surface area contributed by atoms with Crippen LogP contribution in [0.2, 0.25) is 5.02 Å². The van der Waals surface area contributed by atoms with Crippen LogP contribution in [0.25, 0.3) is 11.3 Å². The molecule has 1 aromatic carbocycles. The number of halogens is 3. The SMILES string of the molecule is CC(=O)Oc1c(NS(=O)(=O)CCCBr)oc(-c2cc(Cl)ccc2F)c1O. The quantitative estimate of drug-likeness (QED) is 0.470. The summed E-state index contributed by atoms with van der Waals surface area (Å²) in [5, 5.41) is 10.9. The van der Waals surface area contributed by atoms with E-state index in [-0.39, 0.29) is 16.3 Å². The molecule has 0 aliphatic rings. The topological polar surface area (TPSA) is 106 Å². The summed E-state index contributed by atoms with van der Waals surface area (Å²) in [4.78, 5) is 11.3.